The van der Waals surface area contributed by atoms with Gasteiger partial charge in [0.25, 0.3) is 0 Å². The number of fused-ring (bicyclic) bond motifs is 7. The summed E-state index contributed by atoms with van der Waals surface area (Å²) in [6, 6.07) is 78.7. The molecule has 0 bridgehead atoms. The minimum atomic E-state index is -0.274. The van der Waals surface area contributed by atoms with Gasteiger partial charge in [-0.05, 0) is 186 Å². The molecule has 0 N–H and O–H groups in total. The number of halogens is 2. The highest BCUT2D eigenvalue weighted by Crippen LogP contribution is 2.54. The van der Waals surface area contributed by atoms with Crippen LogP contribution in [0.4, 0.5) is 42.9 Å². The average molecular weight is 867 g/mol. The molecule has 2 nitrogen and oxygen atoms in total. The molecule has 11 aromatic rings. The summed E-state index contributed by atoms with van der Waals surface area (Å²) >= 11 is 0. The fourth-order valence-electron chi connectivity index (χ4n) is 10.3. The van der Waals surface area contributed by atoms with E-state index < -0.39 is 0 Å². The molecule has 0 aliphatic heterocycles. The zero-order valence-electron chi connectivity index (χ0n) is 37.1. The van der Waals surface area contributed by atoms with E-state index in [-0.39, 0.29) is 17.0 Å². The molecule has 0 spiro atoms. The third-order valence-corrected chi connectivity index (χ3v) is 13.7. The molecule has 0 fully saturated rings. The van der Waals surface area contributed by atoms with Crippen molar-refractivity contribution in [2.45, 2.75) is 19.3 Å². The second kappa shape index (κ2) is 16.0. The van der Waals surface area contributed by atoms with Gasteiger partial charge in [0, 0.05) is 39.5 Å². The Morgan fingerprint density at radius 2 is 0.731 bits per heavy atom. The third-order valence-electron chi connectivity index (χ3n) is 13.7. The van der Waals surface area contributed by atoms with Gasteiger partial charge >= 0.3 is 0 Å². The van der Waals surface area contributed by atoms with Gasteiger partial charge in [0.1, 0.15) is 11.6 Å². The average Bonchev–Trinajstić information content (AvgIpc) is 3.60. The molecule has 1 aliphatic rings. The standard InChI is InChI=1S/C63H44F2N2/c1-63(2)60-39-47(43-15-26-50(27-16-43)66(52-32-22-48(64)23-33-52)54-30-17-41-9-3-5-11-45(41)37-54)21-36-58(60)62-57-14-8-7-13-56(57)59(40-61(62)63)44-19-28-51(29-20-44)67(53-34-24-49(65)25-35-53)55-31-18-42-10-4-6-12-46(42)38-55/h3-40H,1-2H3. The lowest BCUT2D eigenvalue weighted by atomic mass is 9.80. The summed E-state index contributed by atoms with van der Waals surface area (Å²) in [5.74, 6) is -0.526. The van der Waals surface area contributed by atoms with Gasteiger partial charge in [0.05, 0.1) is 0 Å². The number of hydrogen-bond donors (Lipinski definition) is 0. The quantitative estimate of drug-likeness (QED) is 0.150. The zero-order valence-corrected chi connectivity index (χ0v) is 37.1. The summed E-state index contributed by atoms with van der Waals surface area (Å²) in [6.07, 6.45) is 0. The Hall–Kier alpha value is -8.34. The van der Waals surface area contributed by atoms with E-state index in [1.807, 2.05) is 24.3 Å². The van der Waals surface area contributed by atoms with Crippen LogP contribution in [0.2, 0.25) is 0 Å². The van der Waals surface area contributed by atoms with Crippen molar-refractivity contribution in [3.05, 3.63) is 253 Å². The van der Waals surface area contributed by atoms with Gasteiger partial charge in [0.2, 0.25) is 0 Å². The first-order chi connectivity index (χ1) is 32.8. The van der Waals surface area contributed by atoms with E-state index in [2.05, 4.69) is 206 Å². The normalized spacial score (nSPS) is 12.6. The molecule has 0 saturated carbocycles. The first kappa shape index (κ1) is 40.2. The van der Waals surface area contributed by atoms with Crippen LogP contribution < -0.4 is 9.80 Å². The zero-order chi connectivity index (χ0) is 45.2. The fourth-order valence-corrected chi connectivity index (χ4v) is 10.3. The van der Waals surface area contributed by atoms with Crippen LogP contribution in [0.3, 0.4) is 0 Å². The molecule has 1 aliphatic carbocycles. The second-order valence-electron chi connectivity index (χ2n) is 18.1. The number of rotatable bonds is 8. The van der Waals surface area contributed by atoms with E-state index >= 15 is 0 Å². The first-order valence-electron chi connectivity index (χ1n) is 22.8. The maximum atomic E-state index is 14.2. The maximum absolute atomic E-state index is 14.2. The summed E-state index contributed by atoms with van der Waals surface area (Å²) in [5, 5.41) is 7.07. The van der Waals surface area contributed by atoms with E-state index in [1.165, 1.54) is 73.6 Å². The van der Waals surface area contributed by atoms with Gasteiger partial charge in [0.15, 0.2) is 0 Å². The molecule has 4 heteroatoms. The second-order valence-corrected chi connectivity index (χ2v) is 18.1. The molecule has 0 aromatic heterocycles. The number of hydrogen-bond acceptors (Lipinski definition) is 2. The van der Waals surface area contributed by atoms with Crippen LogP contribution in [0, 0.1) is 11.6 Å². The van der Waals surface area contributed by atoms with Gasteiger partial charge in [-0.1, -0.05) is 135 Å². The molecule has 0 unspecified atom stereocenters. The summed E-state index contributed by atoms with van der Waals surface area (Å²) in [6.45, 7) is 4.70. The van der Waals surface area contributed by atoms with Gasteiger partial charge < -0.3 is 9.80 Å². The summed E-state index contributed by atoms with van der Waals surface area (Å²) in [5.41, 5.74) is 15.3. The molecule has 0 atom stereocenters. The number of anilines is 6. The molecule has 320 valence electrons. The molecular weight excluding hydrogens is 823 g/mol. The van der Waals surface area contributed by atoms with Crippen molar-refractivity contribution >= 4 is 66.4 Å². The highest BCUT2D eigenvalue weighted by molar-refractivity contribution is 6.09. The number of nitrogens with zero attached hydrogens (tertiary/aromatic N) is 2. The van der Waals surface area contributed by atoms with Crippen molar-refractivity contribution in [2.75, 3.05) is 9.80 Å². The van der Waals surface area contributed by atoms with Crippen LogP contribution in [0.15, 0.2) is 231 Å². The number of benzene rings is 11. The van der Waals surface area contributed by atoms with Crippen LogP contribution in [0.5, 0.6) is 0 Å². The van der Waals surface area contributed by atoms with Crippen molar-refractivity contribution in [3.8, 4) is 33.4 Å². The Labute approximate surface area is 389 Å². The molecule has 11 aromatic carbocycles. The van der Waals surface area contributed by atoms with Crippen LogP contribution in [-0.2, 0) is 5.41 Å². The molecular formula is C63H44F2N2. The fraction of sp³-hybridized carbons (Fsp3) is 0.0476. The van der Waals surface area contributed by atoms with Gasteiger partial charge in [-0.25, -0.2) is 8.78 Å². The van der Waals surface area contributed by atoms with Crippen LogP contribution >= 0.6 is 0 Å². The van der Waals surface area contributed by atoms with E-state index in [9.17, 15) is 8.78 Å². The predicted octanol–water partition coefficient (Wildman–Crippen LogP) is 18.0. The minimum Gasteiger partial charge on any atom is -0.310 e. The Balaban J connectivity index is 0.898. The largest absolute Gasteiger partial charge is 0.310 e. The Kier molecular flexibility index (Phi) is 9.58. The van der Waals surface area contributed by atoms with Crippen LogP contribution in [-0.4, -0.2) is 0 Å². The molecule has 0 radical (unpaired) electrons. The topological polar surface area (TPSA) is 6.48 Å². The summed E-state index contributed by atoms with van der Waals surface area (Å²) < 4.78 is 28.4. The van der Waals surface area contributed by atoms with Crippen molar-refractivity contribution in [1.82, 2.24) is 0 Å². The minimum absolute atomic E-state index is 0.262. The van der Waals surface area contributed by atoms with E-state index in [4.69, 9.17) is 0 Å². The maximum Gasteiger partial charge on any atom is 0.123 e. The van der Waals surface area contributed by atoms with E-state index in [1.54, 1.807) is 0 Å². The van der Waals surface area contributed by atoms with E-state index in [0.717, 1.165) is 61.6 Å². The van der Waals surface area contributed by atoms with Gasteiger partial charge in [-0.3, -0.25) is 0 Å². The lowest BCUT2D eigenvalue weighted by molar-refractivity contribution is 0.627. The Morgan fingerprint density at radius 3 is 1.25 bits per heavy atom. The molecule has 12 rings (SSSR count). The highest BCUT2D eigenvalue weighted by Gasteiger charge is 2.37. The van der Waals surface area contributed by atoms with Crippen molar-refractivity contribution in [2.24, 2.45) is 0 Å². The smallest absolute Gasteiger partial charge is 0.123 e. The summed E-state index contributed by atoms with van der Waals surface area (Å²) in [7, 11) is 0. The van der Waals surface area contributed by atoms with Crippen molar-refractivity contribution in [1.29, 1.82) is 0 Å². The molecule has 67 heavy (non-hydrogen) atoms. The molecule has 0 saturated heterocycles. The SMILES string of the molecule is CC1(C)c2cc(-c3ccc(N(c4ccc(F)cc4)c4ccc5ccccc5c4)cc3)ccc2-c2c1cc(-c1ccc(N(c3ccc(F)cc3)c3ccc4ccccc4c3)cc1)c1ccccc21. The monoisotopic (exact) mass is 866 g/mol. The predicted molar refractivity (Wildman–Crippen MR) is 277 cm³/mol. The van der Waals surface area contributed by atoms with E-state index in [0.29, 0.717) is 0 Å². The molecule has 0 heterocycles. The van der Waals surface area contributed by atoms with Crippen molar-refractivity contribution < 1.29 is 8.78 Å². The summed E-state index contributed by atoms with van der Waals surface area (Å²) in [4.78, 5) is 4.37. The lowest BCUT2D eigenvalue weighted by Crippen LogP contribution is -2.15. The Bertz CT molecular complexity index is 3670. The highest BCUT2D eigenvalue weighted by atomic mass is 19.1. The van der Waals surface area contributed by atoms with Crippen LogP contribution in [0.1, 0.15) is 25.0 Å². The van der Waals surface area contributed by atoms with Crippen LogP contribution in [0.25, 0.3) is 65.7 Å². The Morgan fingerprint density at radius 1 is 0.313 bits per heavy atom. The van der Waals surface area contributed by atoms with Gasteiger partial charge in [-0.15, -0.1) is 0 Å². The van der Waals surface area contributed by atoms with Gasteiger partial charge in [-0.2, -0.15) is 0 Å². The third kappa shape index (κ3) is 7.01. The van der Waals surface area contributed by atoms with Crippen molar-refractivity contribution in [3.63, 3.8) is 0 Å². The lowest BCUT2D eigenvalue weighted by Gasteiger charge is -2.26. The first-order valence-corrected chi connectivity index (χ1v) is 22.8. The molecule has 0 amide bonds.